The molecule has 22 heavy (non-hydrogen) atoms. The molecule has 0 unspecified atom stereocenters. The van der Waals surface area contributed by atoms with Crippen molar-refractivity contribution >= 4 is 44.7 Å². The molecule has 0 spiro atoms. The van der Waals surface area contributed by atoms with Gasteiger partial charge in [0.1, 0.15) is 16.5 Å². The van der Waals surface area contributed by atoms with Crippen molar-refractivity contribution in [2.45, 2.75) is 25.7 Å². The van der Waals surface area contributed by atoms with Gasteiger partial charge in [0.2, 0.25) is 5.28 Å². The number of anilines is 2. The van der Waals surface area contributed by atoms with Gasteiger partial charge in [-0.2, -0.15) is 4.98 Å². The van der Waals surface area contributed by atoms with Gasteiger partial charge in [-0.05, 0) is 67.1 Å². The second kappa shape index (κ2) is 5.48. The van der Waals surface area contributed by atoms with E-state index in [9.17, 15) is 4.39 Å². The topological polar surface area (TPSA) is 37.8 Å². The fourth-order valence-corrected chi connectivity index (χ4v) is 4.37. The molecule has 0 fully saturated rings. The van der Waals surface area contributed by atoms with Gasteiger partial charge in [-0.3, -0.25) is 0 Å². The van der Waals surface area contributed by atoms with E-state index in [4.69, 9.17) is 11.6 Å². The largest absolute Gasteiger partial charge is 0.340 e. The fraction of sp³-hybridized carbons (Fsp3) is 0.250. The maximum absolute atomic E-state index is 13.0. The molecule has 1 aliphatic carbocycles. The van der Waals surface area contributed by atoms with Gasteiger partial charge in [0.15, 0.2) is 0 Å². The van der Waals surface area contributed by atoms with Gasteiger partial charge in [-0.25, -0.2) is 9.37 Å². The molecular formula is C16H13ClFN3S. The quantitative estimate of drug-likeness (QED) is 0.662. The van der Waals surface area contributed by atoms with Crippen LogP contribution in [0.5, 0.6) is 0 Å². The predicted molar refractivity (Wildman–Crippen MR) is 88.7 cm³/mol. The highest BCUT2D eigenvalue weighted by molar-refractivity contribution is 7.19. The molecular weight excluding hydrogens is 321 g/mol. The number of nitrogens with one attached hydrogen (secondary N) is 1. The van der Waals surface area contributed by atoms with Crippen molar-refractivity contribution in [3.05, 3.63) is 45.8 Å². The summed E-state index contributed by atoms with van der Waals surface area (Å²) in [6, 6.07) is 6.23. The summed E-state index contributed by atoms with van der Waals surface area (Å²) in [6.45, 7) is 0. The van der Waals surface area contributed by atoms with Crippen LogP contribution in [0.3, 0.4) is 0 Å². The molecule has 112 valence electrons. The van der Waals surface area contributed by atoms with Crippen LogP contribution in [0.2, 0.25) is 5.28 Å². The number of fused-ring (bicyclic) bond motifs is 3. The molecule has 6 heteroatoms. The molecule has 3 aromatic rings. The van der Waals surface area contributed by atoms with Gasteiger partial charge in [0.25, 0.3) is 0 Å². The highest BCUT2D eigenvalue weighted by Gasteiger charge is 2.21. The number of aromatic nitrogens is 2. The Kier molecular flexibility index (Phi) is 3.47. The van der Waals surface area contributed by atoms with Crippen molar-refractivity contribution in [2.75, 3.05) is 5.32 Å². The lowest BCUT2D eigenvalue weighted by molar-refractivity contribution is 0.628. The molecule has 3 nitrogen and oxygen atoms in total. The molecule has 0 saturated heterocycles. The van der Waals surface area contributed by atoms with E-state index in [1.54, 1.807) is 23.5 Å². The van der Waals surface area contributed by atoms with Gasteiger partial charge >= 0.3 is 0 Å². The first-order chi connectivity index (χ1) is 10.7. The monoisotopic (exact) mass is 333 g/mol. The Labute approximate surface area is 136 Å². The van der Waals surface area contributed by atoms with E-state index in [0.29, 0.717) is 5.82 Å². The lowest BCUT2D eigenvalue weighted by atomic mass is 9.97. The molecule has 0 saturated carbocycles. The average molecular weight is 334 g/mol. The number of aryl methyl sites for hydroxylation is 2. The maximum atomic E-state index is 13.0. The van der Waals surface area contributed by atoms with Crippen LogP contribution in [0.15, 0.2) is 24.3 Å². The lowest BCUT2D eigenvalue weighted by Gasteiger charge is -2.12. The van der Waals surface area contributed by atoms with Crippen molar-refractivity contribution in [1.82, 2.24) is 9.97 Å². The molecule has 1 aliphatic rings. The van der Waals surface area contributed by atoms with Gasteiger partial charge in [0, 0.05) is 10.6 Å². The van der Waals surface area contributed by atoms with E-state index in [2.05, 4.69) is 15.3 Å². The van der Waals surface area contributed by atoms with E-state index >= 15 is 0 Å². The van der Waals surface area contributed by atoms with Crippen LogP contribution in [0.25, 0.3) is 10.2 Å². The Hall–Kier alpha value is -1.72. The smallest absolute Gasteiger partial charge is 0.225 e. The van der Waals surface area contributed by atoms with Crippen molar-refractivity contribution in [1.29, 1.82) is 0 Å². The van der Waals surface area contributed by atoms with Crippen molar-refractivity contribution in [3.63, 3.8) is 0 Å². The Bertz CT molecular complexity index is 845. The summed E-state index contributed by atoms with van der Waals surface area (Å²) in [5.41, 5.74) is 2.13. The van der Waals surface area contributed by atoms with E-state index in [1.165, 1.54) is 35.4 Å². The van der Waals surface area contributed by atoms with Crippen molar-refractivity contribution < 1.29 is 4.39 Å². The summed E-state index contributed by atoms with van der Waals surface area (Å²) >= 11 is 7.77. The molecule has 0 atom stereocenters. The van der Waals surface area contributed by atoms with Crippen LogP contribution >= 0.6 is 22.9 Å². The Morgan fingerprint density at radius 3 is 2.68 bits per heavy atom. The molecule has 0 radical (unpaired) electrons. The molecule has 0 amide bonds. The van der Waals surface area contributed by atoms with Gasteiger partial charge in [0.05, 0.1) is 5.39 Å². The molecule has 1 aromatic carbocycles. The fourth-order valence-electron chi connectivity index (χ4n) is 2.89. The summed E-state index contributed by atoms with van der Waals surface area (Å²) in [4.78, 5) is 11.0. The summed E-state index contributed by atoms with van der Waals surface area (Å²) in [6.07, 6.45) is 4.57. The number of thiophene rings is 1. The minimum atomic E-state index is -0.260. The van der Waals surface area contributed by atoms with Crippen molar-refractivity contribution in [3.8, 4) is 0 Å². The summed E-state index contributed by atoms with van der Waals surface area (Å²) in [5, 5.41) is 4.55. The highest BCUT2D eigenvalue weighted by Crippen LogP contribution is 2.39. The van der Waals surface area contributed by atoms with Gasteiger partial charge < -0.3 is 5.32 Å². The zero-order valence-corrected chi connectivity index (χ0v) is 13.3. The van der Waals surface area contributed by atoms with Crippen molar-refractivity contribution in [2.24, 2.45) is 0 Å². The standard InChI is InChI=1S/C16H13ClFN3S/c17-16-20-14(19-10-7-5-9(18)6-8-10)13-11-3-1-2-4-12(11)22-15(13)21-16/h5-8H,1-4H2,(H,19,20,21). The van der Waals surface area contributed by atoms with Crippen LogP contribution in [0.4, 0.5) is 15.9 Å². The van der Waals surface area contributed by atoms with Gasteiger partial charge in [-0.1, -0.05) is 0 Å². The lowest BCUT2D eigenvalue weighted by Crippen LogP contribution is -2.01. The summed E-state index contributed by atoms with van der Waals surface area (Å²) in [5.74, 6) is 0.449. The first-order valence-corrected chi connectivity index (χ1v) is 8.40. The highest BCUT2D eigenvalue weighted by atomic mass is 35.5. The normalized spacial score (nSPS) is 14.1. The minimum absolute atomic E-state index is 0.232. The number of hydrogen-bond donors (Lipinski definition) is 1. The Morgan fingerprint density at radius 2 is 1.86 bits per heavy atom. The van der Waals surface area contributed by atoms with E-state index < -0.39 is 0 Å². The van der Waals surface area contributed by atoms with Crippen LogP contribution in [0, 0.1) is 5.82 Å². The molecule has 0 bridgehead atoms. The average Bonchev–Trinajstić information content (AvgIpc) is 2.87. The third-order valence-corrected chi connectivity index (χ3v) is 5.25. The third kappa shape index (κ3) is 2.44. The Morgan fingerprint density at radius 1 is 1.09 bits per heavy atom. The van der Waals surface area contributed by atoms with Crippen LogP contribution < -0.4 is 5.32 Å². The second-order valence-electron chi connectivity index (χ2n) is 5.36. The predicted octanol–water partition coefficient (Wildman–Crippen LogP) is 5.11. The number of hydrogen-bond acceptors (Lipinski definition) is 4. The van der Waals surface area contributed by atoms with E-state index in [0.717, 1.165) is 28.7 Å². The zero-order chi connectivity index (χ0) is 15.1. The first kappa shape index (κ1) is 13.9. The molecule has 1 N–H and O–H groups in total. The SMILES string of the molecule is Fc1ccc(Nc2nc(Cl)nc3sc4c(c23)CCCC4)cc1. The van der Waals surface area contributed by atoms with Crippen LogP contribution in [-0.4, -0.2) is 9.97 Å². The summed E-state index contributed by atoms with van der Waals surface area (Å²) < 4.78 is 13.0. The molecule has 2 aromatic heterocycles. The third-order valence-electron chi connectivity index (χ3n) is 3.89. The number of benzene rings is 1. The Balaban J connectivity index is 1.85. The zero-order valence-electron chi connectivity index (χ0n) is 11.7. The van der Waals surface area contributed by atoms with Gasteiger partial charge in [-0.15, -0.1) is 11.3 Å². The second-order valence-corrected chi connectivity index (χ2v) is 6.79. The maximum Gasteiger partial charge on any atom is 0.225 e. The number of rotatable bonds is 2. The molecule has 4 rings (SSSR count). The van der Waals surface area contributed by atoms with E-state index in [-0.39, 0.29) is 11.1 Å². The first-order valence-electron chi connectivity index (χ1n) is 7.21. The molecule has 0 aliphatic heterocycles. The number of nitrogens with zero attached hydrogens (tertiary/aromatic N) is 2. The minimum Gasteiger partial charge on any atom is -0.340 e. The van der Waals surface area contributed by atoms with Crippen LogP contribution in [-0.2, 0) is 12.8 Å². The summed E-state index contributed by atoms with van der Waals surface area (Å²) in [7, 11) is 0. The number of halogens is 2. The van der Waals surface area contributed by atoms with Crippen LogP contribution in [0.1, 0.15) is 23.3 Å². The van der Waals surface area contributed by atoms with E-state index in [1.807, 2.05) is 0 Å². The molecule has 2 heterocycles.